The van der Waals surface area contributed by atoms with Gasteiger partial charge in [-0.05, 0) is 19.4 Å². The largest absolute Gasteiger partial charge is 0.510 e. The summed E-state index contributed by atoms with van der Waals surface area (Å²) in [5.74, 6) is -0.673. The summed E-state index contributed by atoms with van der Waals surface area (Å²) in [5, 5.41) is 9.99. The van der Waals surface area contributed by atoms with Crippen molar-refractivity contribution in [1.29, 1.82) is 0 Å². The van der Waals surface area contributed by atoms with Crippen molar-refractivity contribution >= 4 is 12.1 Å². The van der Waals surface area contributed by atoms with Gasteiger partial charge in [-0.1, -0.05) is 30.3 Å². The van der Waals surface area contributed by atoms with Crippen LogP contribution >= 0.6 is 0 Å². The zero-order chi connectivity index (χ0) is 16.8. The highest BCUT2D eigenvalue weighted by molar-refractivity contribution is 5.89. The van der Waals surface area contributed by atoms with Crippen LogP contribution in [0.5, 0.6) is 0 Å². The number of carbonyl (C=O) groups excluding carboxylic acids is 2. The molecule has 0 saturated carbocycles. The van der Waals surface area contributed by atoms with Crippen LogP contribution in [0.1, 0.15) is 25.8 Å². The third kappa shape index (κ3) is 4.74. The van der Waals surface area contributed by atoms with Gasteiger partial charge in [0.25, 0.3) is 0 Å². The number of benzene rings is 1. The average molecular weight is 319 g/mol. The van der Waals surface area contributed by atoms with Gasteiger partial charge in [-0.3, -0.25) is 0 Å². The van der Waals surface area contributed by atoms with Gasteiger partial charge in [0.1, 0.15) is 12.4 Å². The van der Waals surface area contributed by atoms with E-state index >= 15 is 0 Å². The molecule has 0 bridgehead atoms. The molecule has 0 atom stereocenters. The van der Waals surface area contributed by atoms with Crippen molar-refractivity contribution in [3.8, 4) is 0 Å². The molecule has 0 aliphatic carbocycles. The van der Waals surface area contributed by atoms with Crippen LogP contribution in [0, 0.1) is 0 Å². The predicted octanol–water partition coefficient (Wildman–Crippen LogP) is 2.79. The molecular weight excluding hydrogens is 298 g/mol. The molecule has 1 aliphatic heterocycles. The molecule has 124 valence electrons. The summed E-state index contributed by atoms with van der Waals surface area (Å²) in [4.78, 5) is 25.2. The van der Waals surface area contributed by atoms with E-state index in [0.717, 1.165) is 5.56 Å². The fraction of sp³-hybridized carbons (Fsp3) is 0.412. The van der Waals surface area contributed by atoms with Crippen LogP contribution in [0.25, 0.3) is 0 Å². The summed E-state index contributed by atoms with van der Waals surface area (Å²) >= 11 is 0. The third-order valence-electron chi connectivity index (χ3n) is 3.37. The first-order valence-electron chi connectivity index (χ1n) is 7.55. The van der Waals surface area contributed by atoms with Gasteiger partial charge >= 0.3 is 12.1 Å². The maximum absolute atomic E-state index is 12.0. The molecule has 0 spiro atoms. The number of carbonyl (C=O) groups is 2. The number of esters is 1. The van der Waals surface area contributed by atoms with Crippen LogP contribution in [0.2, 0.25) is 0 Å². The molecule has 0 fully saturated rings. The zero-order valence-corrected chi connectivity index (χ0v) is 13.3. The van der Waals surface area contributed by atoms with Crippen LogP contribution < -0.4 is 0 Å². The first kappa shape index (κ1) is 16.9. The second-order valence-electron chi connectivity index (χ2n) is 5.59. The number of rotatable bonds is 4. The standard InChI is InChI=1S/C17H21NO5/c1-12(2)23-16(20)14-8-9-18(10-15(14)19)17(21)22-11-13-6-4-3-5-7-13/h3-7,12,19H,8-11H2,1-2H3. The molecule has 1 aromatic carbocycles. The fourth-order valence-electron chi connectivity index (χ4n) is 2.22. The molecule has 1 N–H and O–H groups in total. The highest BCUT2D eigenvalue weighted by Crippen LogP contribution is 2.19. The summed E-state index contributed by atoms with van der Waals surface area (Å²) in [6.07, 6.45) is -0.522. The molecule has 1 aromatic rings. The summed E-state index contributed by atoms with van der Waals surface area (Å²) in [5.41, 5.74) is 1.12. The lowest BCUT2D eigenvalue weighted by atomic mass is 10.1. The van der Waals surface area contributed by atoms with Crippen molar-refractivity contribution in [2.75, 3.05) is 13.1 Å². The maximum atomic E-state index is 12.0. The fourth-order valence-corrected chi connectivity index (χ4v) is 2.22. The summed E-state index contributed by atoms with van der Waals surface area (Å²) < 4.78 is 10.3. The van der Waals surface area contributed by atoms with E-state index in [1.54, 1.807) is 13.8 Å². The van der Waals surface area contributed by atoms with Crippen LogP contribution in [0.3, 0.4) is 0 Å². The minimum absolute atomic E-state index is 0.0455. The number of nitrogens with zero attached hydrogens (tertiary/aromatic N) is 1. The number of amides is 1. The first-order chi connectivity index (χ1) is 11.0. The van der Waals surface area contributed by atoms with Gasteiger partial charge in [-0.15, -0.1) is 0 Å². The summed E-state index contributed by atoms with van der Waals surface area (Å²) in [6, 6.07) is 9.34. The van der Waals surface area contributed by atoms with E-state index in [2.05, 4.69) is 0 Å². The van der Waals surface area contributed by atoms with Crippen molar-refractivity contribution in [2.24, 2.45) is 0 Å². The molecule has 23 heavy (non-hydrogen) atoms. The van der Waals surface area contributed by atoms with E-state index in [-0.39, 0.29) is 37.0 Å². The lowest BCUT2D eigenvalue weighted by molar-refractivity contribution is -0.143. The quantitative estimate of drug-likeness (QED) is 0.864. The van der Waals surface area contributed by atoms with E-state index in [4.69, 9.17) is 9.47 Å². The normalized spacial score (nSPS) is 14.8. The minimum Gasteiger partial charge on any atom is -0.510 e. The van der Waals surface area contributed by atoms with Gasteiger partial charge < -0.3 is 19.5 Å². The van der Waals surface area contributed by atoms with E-state index in [1.165, 1.54) is 4.90 Å². The summed E-state index contributed by atoms with van der Waals surface area (Å²) in [6.45, 7) is 3.91. The molecule has 0 aromatic heterocycles. The number of aliphatic hydroxyl groups is 1. The van der Waals surface area contributed by atoms with E-state index in [1.807, 2.05) is 30.3 Å². The average Bonchev–Trinajstić information content (AvgIpc) is 2.52. The Balaban J connectivity index is 1.90. The number of hydrogen-bond donors (Lipinski definition) is 1. The number of ether oxygens (including phenoxy) is 2. The second kappa shape index (κ2) is 7.67. The van der Waals surface area contributed by atoms with Gasteiger partial charge in [0.2, 0.25) is 0 Å². The Hall–Kier alpha value is -2.50. The van der Waals surface area contributed by atoms with Gasteiger partial charge in [-0.25, -0.2) is 9.59 Å². The van der Waals surface area contributed by atoms with Crippen molar-refractivity contribution in [1.82, 2.24) is 4.90 Å². The van der Waals surface area contributed by atoms with Crippen molar-refractivity contribution in [3.63, 3.8) is 0 Å². The molecule has 1 amide bonds. The van der Waals surface area contributed by atoms with Gasteiger partial charge in [0.05, 0.1) is 18.2 Å². The minimum atomic E-state index is -0.533. The predicted molar refractivity (Wildman–Crippen MR) is 83.7 cm³/mol. The zero-order valence-electron chi connectivity index (χ0n) is 13.3. The molecule has 1 aliphatic rings. The first-order valence-corrected chi connectivity index (χ1v) is 7.55. The Labute approximate surface area is 135 Å². The van der Waals surface area contributed by atoms with E-state index < -0.39 is 12.1 Å². The van der Waals surface area contributed by atoms with Gasteiger partial charge in [0.15, 0.2) is 0 Å². The molecule has 2 rings (SSSR count). The SMILES string of the molecule is CC(C)OC(=O)C1=C(O)CN(C(=O)OCc2ccccc2)CC1. The molecule has 0 radical (unpaired) electrons. The van der Waals surface area contributed by atoms with Crippen molar-refractivity contribution < 1.29 is 24.2 Å². The lowest BCUT2D eigenvalue weighted by Crippen LogP contribution is -2.38. The van der Waals surface area contributed by atoms with Crippen molar-refractivity contribution in [3.05, 3.63) is 47.2 Å². The number of hydrogen-bond acceptors (Lipinski definition) is 5. The number of aliphatic hydroxyl groups excluding tert-OH is 1. The van der Waals surface area contributed by atoms with E-state index in [0.29, 0.717) is 6.54 Å². The Morgan fingerprint density at radius 2 is 1.96 bits per heavy atom. The van der Waals surface area contributed by atoms with Crippen molar-refractivity contribution in [2.45, 2.75) is 33.0 Å². The smallest absolute Gasteiger partial charge is 0.410 e. The maximum Gasteiger partial charge on any atom is 0.410 e. The Morgan fingerprint density at radius 3 is 2.57 bits per heavy atom. The molecule has 1 heterocycles. The molecule has 6 nitrogen and oxygen atoms in total. The molecule has 0 saturated heterocycles. The van der Waals surface area contributed by atoms with Crippen LogP contribution in [0.15, 0.2) is 41.7 Å². The molecule has 6 heteroatoms. The highest BCUT2D eigenvalue weighted by Gasteiger charge is 2.28. The molecular formula is C17H21NO5. The highest BCUT2D eigenvalue weighted by atomic mass is 16.6. The summed E-state index contributed by atoms with van der Waals surface area (Å²) in [7, 11) is 0. The Morgan fingerprint density at radius 1 is 1.26 bits per heavy atom. The third-order valence-corrected chi connectivity index (χ3v) is 3.37. The van der Waals surface area contributed by atoms with Gasteiger partial charge in [0, 0.05) is 13.0 Å². The van der Waals surface area contributed by atoms with Gasteiger partial charge in [-0.2, -0.15) is 0 Å². The topological polar surface area (TPSA) is 76.1 Å². The lowest BCUT2D eigenvalue weighted by Gasteiger charge is -2.27. The monoisotopic (exact) mass is 319 g/mol. The van der Waals surface area contributed by atoms with Crippen LogP contribution in [-0.2, 0) is 20.9 Å². The Bertz CT molecular complexity index is 594. The molecule has 0 unspecified atom stereocenters. The second-order valence-corrected chi connectivity index (χ2v) is 5.59. The van der Waals surface area contributed by atoms with Crippen LogP contribution in [0.4, 0.5) is 4.79 Å². The van der Waals surface area contributed by atoms with E-state index in [9.17, 15) is 14.7 Å². The Kier molecular flexibility index (Phi) is 5.62. The van der Waals surface area contributed by atoms with Crippen LogP contribution in [-0.4, -0.2) is 41.3 Å².